The SMILES string of the molecule is CC.CC.Cc1c(-c2cc3[nH]c(=O)ccc3[nH]2)c(=O)[nH]c2ccccc12. The maximum Gasteiger partial charge on any atom is 0.258 e. The summed E-state index contributed by atoms with van der Waals surface area (Å²) in [4.78, 5) is 32.7. The minimum Gasteiger partial charge on any atom is -0.353 e. The molecule has 0 atom stereocenters. The highest BCUT2D eigenvalue weighted by Gasteiger charge is 2.13. The summed E-state index contributed by atoms with van der Waals surface area (Å²) >= 11 is 0. The van der Waals surface area contributed by atoms with Crippen molar-refractivity contribution >= 4 is 21.9 Å². The van der Waals surface area contributed by atoms with Gasteiger partial charge in [-0.1, -0.05) is 45.9 Å². The Morgan fingerprint density at radius 1 is 0.731 bits per heavy atom. The molecule has 3 aromatic heterocycles. The van der Waals surface area contributed by atoms with E-state index in [9.17, 15) is 9.59 Å². The van der Waals surface area contributed by atoms with Crippen molar-refractivity contribution in [2.24, 2.45) is 0 Å². The summed E-state index contributed by atoms with van der Waals surface area (Å²) in [7, 11) is 0. The third kappa shape index (κ3) is 3.47. The van der Waals surface area contributed by atoms with E-state index in [4.69, 9.17) is 0 Å². The minimum atomic E-state index is -0.165. The Morgan fingerprint density at radius 2 is 1.42 bits per heavy atom. The molecule has 0 aliphatic carbocycles. The first-order valence-corrected chi connectivity index (χ1v) is 8.97. The number of para-hydroxylation sites is 1. The van der Waals surface area contributed by atoms with Crippen molar-refractivity contribution in [3.8, 4) is 11.3 Å². The predicted octanol–water partition coefficient (Wildman–Crippen LogP) is 4.73. The summed E-state index contributed by atoms with van der Waals surface area (Å²) in [5.74, 6) is 0. The number of aromatic amines is 3. The van der Waals surface area contributed by atoms with E-state index >= 15 is 0 Å². The van der Waals surface area contributed by atoms with Crippen LogP contribution in [0, 0.1) is 6.92 Å². The largest absolute Gasteiger partial charge is 0.353 e. The average molecular weight is 351 g/mol. The van der Waals surface area contributed by atoms with Crippen molar-refractivity contribution in [2.45, 2.75) is 34.6 Å². The van der Waals surface area contributed by atoms with Gasteiger partial charge in [-0.3, -0.25) is 9.59 Å². The van der Waals surface area contributed by atoms with Gasteiger partial charge in [0, 0.05) is 17.0 Å². The molecule has 0 amide bonds. The zero-order valence-corrected chi connectivity index (χ0v) is 15.9. The molecule has 4 aromatic rings. The summed E-state index contributed by atoms with van der Waals surface area (Å²) in [5, 5.41) is 1.00. The molecule has 26 heavy (non-hydrogen) atoms. The zero-order valence-electron chi connectivity index (χ0n) is 15.9. The molecule has 0 aliphatic heterocycles. The monoisotopic (exact) mass is 351 g/mol. The van der Waals surface area contributed by atoms with Crippen LogP contribution in [0.3, 0.4) is 0 Å². The van der Waals surface area contributed by atoms with Gasteiger partial charge < -0.3 is 15.0 Å². The van der Waals surface area contributed by atoms with Crippen LogP contribution in [0.4, 0.5) is 0 Å². The topological polar surface area (TPSA) is 81.5 Å². The number of benzene rings is 1. The predicted molar refractivity (Wildman–Crippen MR) is 110 cm³/mol. The highest BCUT2D eigenvalue weighted by molar-refractivity contribution is 5.90. The van der Waals surface area contributed by atoms with E-state index in [-0.39, 0.29) is 11.1 Å². The van der Waals surface area contributed by atoms with Crippen LogP contribution in [0.5, 0.6) is 0 Å². The number of fused-ring (bicyclic) bond motifs is 2. The van der Waals surface area contributed by atoms with E-state index in [1.807, 2.05) is 58.9 Å². The molecule has 0 bridgehead atoms. The Bertz CT molecular complexity index is 1130. The molecule has 136 valence electrons. The van der Waals surface area contributed by atoms with Gasteiger partial charge in [-0.2, -0.15) is 0 Å². The highest BCUT2D eigenvalue weighted by Crippen LogP contribution is 2.26. The summed E-state index contributed by atoms with van der Waals surface area (Å²) in [5.41, 5.74) is 4.19. The summed E-state index contributed by atoms with van der Waals surface area (Å²) in [6.07, 6.45) is 0. The second kappa shape index (κ2) is 8.34. The molecule has 0 spiro atoms. The Balaban J connectivity index is 0.000000570. The van der Waals surface area contributed by atoms with Gasteiger partial charge in [0.25, 0.3) is 5.56 Å². The standard InChI is InChI=1S/C17H13N3O2.2C2H6/c1-9-10-4-2-3-5-11(10)20-17(22)16(9)14-8-13-12(18-14)6-7-15(21)19-13;2*1-2/h2-8,18H,1H3,(H,19,21)(H,20,22);2*1-2H3. The van der Waals surface area contributed by atoms with E-state index in [0.717, 1.165) is 22.0 Å². The smallest absolute Gasteiger partial charge is 0.258 e. The minimum absolute atomic E-state index is 0.148. The molecule has 3 heterocycles. The molecule has 5 nitrogen and oxygen atoms in total. The summed E-state index contributed by atoms with van der Waals surface area (Å²) < 4.78 is 0. The molecule has 0 radical (unpaired) electrons. The number of hydrogen-bond donors (Lipinski definition) is 3. The lowest BCUT2D eigenvalue weighted by Crippen LogP contribution is -2.11. The fraction of sp³-hybridized carbons (Fsp3) is 0.238. The van der Waals surface area contributed by atoms with E-state index < -0.39 is 0 Å². The summed E-state index contributed by atoms with van der Waals surface area (Å²) in [6, 6.07) is 12.7. The van der Waals surface area contributed by atoms with Crippen LogP contribution in [-0.2, 0) is 0 Å². The third-order valence-electron chi connectivity index (χ3n) is 3.96. The van der Waals surface area contributed by atoms with E-state index in [2.05, 4.69) is 15.0 Å². The molecule has 3 N–H and O–H groups in total. The number of hydrogen-bond acceptors (Lipinski definition) is 2. The molecule has 4 rings (SSSR count). The number of aromatic nitrogens is 3. The van der Waals surface area contributed by atoms with Gasteiger partial charge in [0.05, 0.1) is 22.3 Å². The lowest BCUT2D eigenvalue weighted by atomic mass is 10.0. The van der Waals surface area contributed by atoms with Crippen LogP contribution in [0.2, 0.25) is 0 Å². The van der Waals surface area contributed by atoms with E-state index in [0.29, 0.717) is 16.8 Å². The zero-order chi connectivity index (χ0) is 19.3. The van der Waals surface area contributed by atoms with Crippen LogP contribution < -0.4 is 11.1 Å². The Kier molecular flexibility index (Phi) is 6.17. The molecule has 0 saturated heterocycles. The maximum absolute atomic E-state index is 12.5. The molecular formula is C21H25N3O2. The van der Waals surface area contributed by atoms with Crippen LogP contribution in [0.1, 0.15) is 33.3 Å². The van der Waals surface area contributed by atoms with Gasteiger partial charge in [0.15, 0.2) is 0 Å². The molecule has 5 heteroatoms. The number of nitrogens with one attached hydrogen (secondary N) is 3. The Labute approximate surface area is 152 Å². The Morgan fingerprint density at radius 3 is 2.15 bits per heavy atom. The van der Waals surface area contributed by atoms with Crippen molar-refractivity contribution in [3.63, 3.8) is 0 Å². The fourth-order valence-corrected chi connectivity index (χ4v) is 2.91. The van der Waals surface area contributed by atoms with Crippen molar-refractivity contribution in [3.05, 3.63) is 68.7 Å². The Hall–Kier alpha value is -3.08. The van der Waals surface area contributed by atoms with Crippen LogP contribution in [-0.4, -0.2) is 15.0 Å². The van der Waals surface area contributed by atoms with Gasteiger partial charge >= 0.3 is 0 Å². The van der Waals surface area contributed by atoms with Crippen molar-refractivity contribution < 1.29 is 0 Å². The third-order valence-corrected chi connectivity index (χ3v) is 3.96. The number of rotatable bonds is 1. The van der Waals surface area contributed by atoms with Crippen LogP contribution >= 0.6 is 0 Å². The van der Waals surface area contributed by atoms with E-state index in [1.54, 1.807) is 12.1 Å². The molecular weight excluding hydrogens is 326 g/mol. The lowest BCUT2D eigenvalue weighted by Gasteiger charge is -2.07. The van der Waals surface area contributed by atoms with Gasteiger partial charge in [-0.25, -0.2) is 0 Å². The van der Waals surface area contributed by atoms with E-state index in [1.165, 1.54) is 6.07 Å². The fourth-order valence-electron chi connectivity index (χ4n) is 2.91. The molecule has 0 fully saturated rings. The summed E-state index contributed by atoms with van der Waals surface area (Å²) in [6.45, 7) is 9.93. The molecule has 0 saturated carbocycles. The average Bonchev–Trinajstić information content (AvgIpc) is 3.07. The highest BCUT2D eigenvalue weighted by atomic mass is 16.1. The van der Waals surface area contributed by atoms with Gasteiger partial charge in [-0.15, -0.1) is 0 Å². The van der Waals surface area contributed by atoms with Crippen molar-refractivity contribution in [1.29, 1.82) is 0 Å². The first-order valence-electron chi connectivity index (χ1n) is 8.97. The second-order valence-electron chi connectivity index (χ2n) is 5.33. The quantitative estimate of drug-likeness (QED) is 0.463. The number of pyridine rings is 2. The van der Waals surface area contributed by atoms with Gasteiger partial charge in [0.1, 0.15) is 0 Å². The molecule has 0 unspecified atom stereocenters. The maximum atomic E-state index is 12.5. The molecule has 1 aromatic carbocycles. The second-order valence-corrected chi connectivity index (χ2v) is 5.33. The lowest BCUT2D eigenvalue weighted by molar-refractivity contribution is 1.26. The first-order chi connectivity index (χ1) is 12.6. The molecule has 0 aliphatic rings. The van der Waals surface area contributed by atoms with Crippen LogP contribution in [0.15, 0.2) is 52.1 Å². The van der Waals surface area contributed by atoms with Crippen LogP contribution in [0.25, 0.3) is 33.2 Å². The normalized spacial score (nSPS) is 10.0. The van der Waals surface area contributed by atoms with Gasteiger partial charge in [-0.05, 0) is 30.7 Å². The van der Waals surface area contributed by atoms with Gasteiger partial charge in [0.2, 0.25) is 5.56 Å². The number of aryl methyl sites for hydroxylation is 1. The van der Waals surface area contributed by atoms with Crippen molar-refractivity contribution in [1.82, 2.24) is 15.0 Å². The van der Waals surface area contributed by atoms with Crippen molar-refractivity contribution in [2.75, 3.05) is 0 Å². The first kappa shape index (κ1) is 19.2. The number of H-pyrrole nitrogens is 3.